The Morgan fingerprint density at radius 1 is 0.833 bits per heavy atom. The Hall–Kier alpha value is -0.656. The quantitative estimate of drug-likeness (QED) is 0.309. The fourth-order valence-electron chi connectivity index (χ4n) is 2.25. The molecule has 0 saturated carbocycles. The second kappa shape index (κ2) is 11.8. The van der Waals surface area contributed by atoms with Gasteiger partial charge in [-0.05, 0) is 11.8 Å². The van der Waals surface area contributed by atoms with Gasteiger partial charge in [0.25, 0.3) is 0 Å². The molecular weight excluding hydrogens is 371 g/mol. The summed E-state index contributed by atoms with van der Waals surface area (Å²) < 4.78 is 0. The van der Waals surface area contributed by atoms with Gasteiger partial charge in [-0.25, -0.2) is 0 Å². The van der Waals surface area contributed by atoms with Crippen molar-refractivity contribution in [3.05, 3.63) is 77.9 Å². The Bertz CT molecular complexity index is 648. The van der Waals surface area contributed by atoms with E-state index in [-0.39, 0.29) is 0 Å². The van der Waals surface area contributed by atoms with Crippen molar-refractivity contribution in [1.29, 1.82) is 0 Å². The van der Waals surface area contributed by atoms with Crippen molar-refractivity contribution >= 4 is 29.4 Å². The maximum atomic E-state index is 4.89. The van der Waals surface area contributed by atoms with Crippen LogP contribution in [0.25, 0.3) is 10.8 Å². The van der Waals surface area contributed by atoms with Crippen molar-refractivity contribution in [2.24, 2.45) is 0 Å². The van der Waals surface area contributed by atoms with Gasteiger partial charge in [-0.2, -0.15) is 52.9 Å². The first-order valence-electron chi connectivity index (χ1n) is 8.08. The van der Waals surface area contributed by atoms with Crippen molar-refractivity contribution in [2.45, 2.75) is 39.5 Å². The predicted octanol–water partition coefficient (Wildman–Crippen LogP) is 7.67. The zero-order chi connectivity index (χ0) is 17.9. The number of benzene rings is 2. The van der Waals surface area contributed by atoms with Gasteiger partial charge in [-0.15, -0.1) is 29.7 Å². The van der Waals surface area contributed by atoms with E-state index in [1.54, 1.807) is 0 Å². The van der Waals surface area contributed by atoms with Gasteiger partial charge in [0.1, 0.15) is 0 Å². The first kappa shape index (κ1) is 21.4. The largest absolute Gasteiger partial charge is 0.168 e. The minimum atomic E-state index is -0.556. The maximum absolute atomic E-state index is 4.89. The minimum Gasteiger partial charge on any atom is -0.168 e. The summed E-state index contributed by atoms with van der Waals surface area (Å²) in [6.07, 6.45) is 0. The normalized spacial score (nSPS) is 10.0. The molecule has 0 aliphatic carbocycles. The summed E-state index contributed by atoms with van der Waals surface area (Å²) in [5.74, 6) is 1.17. The molecule has 3 aromatic carbocycles. The molecule has 0 aliphatic heterocycles. The van der Waals surface area contributed by atoms with E-state index in [0.29, 0.717) is 11.8 Å². The van der Waals surface area contributed by atoms with Gasteiger partial charge in [0.2, 0.25) is 0 Å². The van der Waals surface area contributed by atoms with Crippen LogP contribution in [0.1, 0.15) is 50.7 Å². The molecule has 0 spiro atoms. The molecular formula is C21H24Cl2Ti-2. The molecule has 128 valence electrons. The third-order valence-electron chi connectivity index (χ3n) is 3.63. The van der Waals surface area contributed by atoms with E-state index in [0.717, 1.165) is 0 Å². The van der Waals surface area contributed by atoms with E-state index >= 15 is 0 Å². The Balaban J connectivity index is 0.000000211. The van der Waals surface area contributed by atoms with Gasteiger partial charge >= 0.3 is 35.6 Å². The molecule has 0 aliphatic rings. The first-order valence-corrected chi connectivity index (χ1v) is 12.4. The summed E-state index contributed by atoms with van der Waals surface area (Å²) in [4.78, 5) is 0. The van der Waals surface area contributed by atoms with Gasteiger partial charge in [-0.3, -0.25) is 0 Å². The van der Waals surface area contributed by atoms with Gasteiger partial charge in [0.15, 0.2) is 0 Å². The fourth-order valence-corrected chi connectivity index (χ4v) is 2.25. The Labute approximate surface area is 163 Å². The SMILES string of the molecule is CC(C)c1[c-]c(C(C)C)ccc1.[Cl][Ti][Cl].c1ccc2[cH-]ccc2c1. The van der Waals surface area contributed by atoms with Crippen LogP contribution in [-0.4, -0.2) is 0 Å². The fraction of sp³-hybridized carbons (Fsp3) is 0.286. The van der Waals surface area contributed by atoms with Crippen LogP contribution >= 0.6 is 18.6 Å². The molecule has 0 fully saturated rings. The molecule has 0 amide bonds. The molecule has 3 aromatic rings. The molecule has 0 heterocycles. The Morgan fingerprint density at radius 3 is 1.88 bits per heavy atom. The van der Waals surface area contributed by atoms with Crippen LogP contribution in [0, 0.1) is 6.07 Å². The molecule has 0 nitrogen and oxygen atoms in total. The number of hydrogen-bond donors (Lipinski definition) is 0. The summed E-state index contributed by atoms with van der Waals surface area (Å²) in [6.45, 7) is 8.82. The van der Waals surface area contributed by atoms with E-state index in [1.807, 2.05) is 0 Å². The van der Waals surface area contributed by atoms with E-state index in [4.69, 9.17) is 18.6 Å². The molecule has 3 rings (SSSR count). The Kier molecular flexibility index (Phi) is 10.5. The van der Waals surface area contributed by atoms with Crippen LogP contribution in [0.3, 0.4) is 0 Å². The standard InChI is InChI=1S/C12H17.C9H7.2ClH.Ti/c1-9(2)11-6-5-7-12(8-11)10(3)4;1-2-5-9-7-3-6-8(9)4-1;;;/h5-7,9-10H,1-4H3;1-7H;2*1H;/q2*-1;;;+2/p-2. The summed E-state index contributed by atoms with van der Waals surface area (Å²) in [7, 11) is 9.78. The second-order valence-corrected chi connectivity index (χ2v) is 8.68. The van der Waals surface area contributed by atoms with E-state index in [2.05, 4.69) is 94.4 Å². The zero-order valence-corrected chi connectivity index (χ0v) is 17.8. The van der Waals surface area contributed by atoms with Gasteiger partial charge in [0, 0.05) is 0 Å². The molecule has 0 saturated heterocycles. The van der Waals surface area contributed by atoms with E-state index in [9.17, 15) is 0 Å². The van der Waals surface area contributed by atoms with Crippen LogP contribution in [0.4, 0.5) is 0 Å². The van der Waals surface area contributed by atoms with Gasteiger partial charge < -0.3 is 0 Å². The van der Waals surface area contributed by atoms with E-state index in [1.165, 1.54) is 21.9 Å². The van der Waals surface area contributed by atoms with Gasteiger partial charge in [0.05, 0.1) is 0 Å². The average molecular weight is 395 g/mol. The summed E-state index contributed by atoms with van der Waals surface area (Å²) >= 11 is -0.556. The maximum Gasteiger partial charge on any atom is -0.0809 e. The summed E-state index contributed by atoms with van der Waals surface area (Å²) in [6, 6.07) is 24.5. The van der Waals surface area contributed by atoms with Crippen LogP contribution in [0.15, 0.2) is 60.7 Å². The molecule has 0 radical (unpaired) electrons. The zero-order valence-electron chi connectivity index (χ0n) is 14.7. The second-order valence-electron chi connectivity index (χ2n) is 6.10. The topological polar surface area (TPSA) is 0 Å². The number of rotatable bonds is 2. The van der Waals surface area contributed by atoms with Crippen LogP contribution in [-0.2, 0) is 17.0 Å². The van der Waals surface area contributed by atoms with Crippen molar-refractivity contribution in [2.75, 3.05) is 0 Å². The first-order chi connectivity index (χ1) is 11.5. The molecule has 0 bridgehead atoms. The third kappa shape index (κ3) is 7.49. The predicted molar refractivity (Wildman–Crippen MR) is 105 cm³/mol. The number of fused-ring (bicyclic) bond motifs is 1. The van der Waals surface area contributed by atoms with E-state index < -0.39 is 17.0 Å². The molecule has 0 atom stereocenters. The van der Waals surface area contributed by atoms with Crippen LogP contribution in [0.2, 0.25) is 0 Å². The number of hydrogen-bond acceptors (Lipinski definition) is 0. The van der Waals surface area contributed by atoms with Crippen molar-refractivity contribution in [3.8, 4) is 0 Å². The average Bonchev–Trinajstić information content (AvgIpc) is 3.05. The Morgan fingerprint density at radius 2 is 1.38 bits per heavy atom. The summed E-state index contributed by atoms with van der Waals surface area (Å²) in [5.41, 5.74) is 2.64. The molecule has 0 N–H and O–H groups in total. The van der Waals surface area contributed by atoms with Gasteiger partial charge in [-0.1, -0.05) is 33.8 Å². The molecule has 0 unspecified atom stereocenters. The summed E-state index contributed by atoms with van der Waals surface area (Å²) in [5, 5.41) is 2.66. The molecule has 24 heavy (non-hydrogen) atoms. The minimum absolute atomic E-state index is 0.556. The molecule has 0 aromatic heterocycles. The van der Waals surface area contributed by atoms with Crippen molar-refractivity contribution in [3.63, 3.8) is 0 Å². The third-order valence-corrected chi connectivity index (χ3v) is 3.63. The molecule has 3 heteroatoms. The monoisotopic (exact) mass is 394 g/mol. The van der Waals surface area contributed by atoms with Crippen LogP contribution < -0.4 is 0 Å². The van der Waals surface area contributed by atoms with Crippen molar-refractivity contribution in [1.82, 2.24) is 0 Å². The smallest absolute Gasteiger partial charge is 0.0809 e. The van der Waals surface area contributed by atoms with Crippen LogP contribution in [0.5, 0.6) is 0 Å². The number of halogens is 2. The van der Waals surface area contributed by atoms with Crippen molar-refractivity contribution < 1.29 is 17.0 Å².